The Morgan fingerprint density at radius 2 is 2.36 bits per heavy atom. The van der Waals surface area contributed by atoms with Crippen molar-refractivity contribution in [2.75, 3.05) is 19.3 Å². The van der Waals surface area contributed by atoms with E-state index < -0.39 is 0 Å². The predicted octanol–water partition coefficient (Wildman–Crippen LogP) is -0.404. The van der Waals surface area contributed by atoms with Crippen molar-refractivity contribution < 1.29 is 0 Å². The lowest BCUT2D eigenvalue weighted by Gasteiger charge is -2.12. The molecule has 2 heterocycles. The topological polar surface area (TPSA) is 72.9 Å². The average molecular weight is 196 g/mol. The Morgan fingerprint density at radius 1 is 1.57 bits per heavy atom. The zero-order valence-corrected chi connectivity index (χ0v) is 8.59. The molecule has 78 valence electrons. The molecule has 1 aromatic rings. The minimum atomic E-state index is 0.409. The number of nitrogens with zero attached hydrogens (tertiary/aromatic N) is 5. The summed E-state index contributed by atoms with van der Waals surface area (Å²) >= 11 is 0. The molecule has 14 heavy (non-hydrogen) atoms. The van der Waals surface area contributed by atoms with Crippen molar-refractivity contribution in [3.63, 3.8) is 0 Å². The second-order valence-corrected chi connectivity index (χ2v) is 4.11. The highest BCUT2D eigenvalue weighted by Crippen LogP contribution is 2.22. The van der Waals surface area contributed by atoms with E-state index in [2.05, 4.69) is 34.4 Å². The van der Waals surface area contributed by atoms with Gasteiger partial charge in [-0.25, -0.2) is 4.68 Å². The Balaban J connectivity index is 1.97. The summed E-state index contributed by atoms with van der Waals surface area (Å²) in [6, 6.07) is 0.651. The lowest BCUT2D eigenvalue weighted by molar-refractivity contribution is 0.320. The summed E-state index contributed by atoms with van der Waals surface area (Å²) in [5.41, 5.74) is 5.60. The van der Waals surface area contributed by atoms with Crippen LogP contribution in [-0.4, -0.2) is 44.7 Å². The number of anilines is 1. The number of tetrazole rings is 1. The van der Waals surface area contributed by atoms with Gasteiger partial charge in [0.05, 0.1) is 6.54 Å². The maximum absolute atomic E-state index is 5.60. The summed E-state index contributed by atoms with van der Waals surface area (Å²) in [7, 11) is 2.15. The number of nitrogen functional groups attached to an aromatic ring is 1. The van der Waals surface area contributed by atoms with Crippen LogP contribution in [0, 0.1) is 5.92 Å². The lowest BCUT2D eigenvalue weighted by atomic mass is 10.1. The van der Waals surface area contributed by atoms with Crippen molar-refractivity contribution in [3.05, 3.63) is 0 Å². The SMILES string of the molecule is CC1CC(Cn2nnnc2N)CN1C. The summed E-state index contributed by atoms with van der Waals surface area (Å²) < 4.78 is 1.68. The Kier molecular flexibility index (Phi) is 2.37. The summed E-state index contributed by atoms with van der Waals surface area (Å²) in [5, 5.41) is 11.0. The summed E-state index contributed by atoms with van der Waals surface area (Å²) in [6.45, 7) is 4.16. The Morgan fingerprint density at radius 3 is 2.86 bits per heavy atom. The molecule has 1 aromatic heterocycles. The van der Waals surface area contributed by atoms with Gasteiger partial charge in [0.2, 0.25) is 5.95 Å². The van der Waals surface area contributed by atoms with E-state index in [1.807, 2.05) is 0 Å². The minimum Gasteiger partial charge on any atom is -0.367 e. The minimum absolute atomic E-state index is 0.409. The van der Waals surface area contributed by atoms with E-state index in [4.69, 9.17) is 5.73 Å². The lowest BCUT2D eigenvalue weighted by Crippen LogP contribution is -2.22. The molecule has 0 aromatic carbocycles. The molecular formula is C8H16N6. The van der Waals surface area contributed by atoms with Crippen molar-refractivity contribution in [2.24, 2.45) is 5.92 Å². The molecule has 0 saturated carbocycles. The maximum atomic E-state index is 5.60. The Bertz CT molecular complexity index is 299. The van der Waals surface area contributed by atoms with E-state index in [0.717, 1.165) is 13.1 Å². The van der Waals surface area contributed by atoms with Crippen molar-refractivity contribution in [1.29, 1.82) is 0 Å². The number of likely N-dealkylation sites (tertiary alicyclic amines) is 1. The fourth-order valence-electron chi connectivity index (χ4n) is 2.04. The normalized spacial score (nSPS) is 28.4. The molecule has 0 spiro atoms. The van der Waals surface area contributed by atoms with Gasteiger partial charge in [0.25, 0.3) is 0 Å². The van der Waals surface area contributed by atoms with Crippen LogP contribution in [0.3, 0.4) is 0 Å². The molecule has 1 saturated heterocycles. The molecule has 1 fully saturated rings. The van der Waals surface area contributed by atoms with Gasteiger partial charge in [-0.3, -0.25) is 0 Å². The fraction of sp³-hybridized carbons (Fsp3) is 0.875. The first-order valence-corrected chi connectivity index (χ1v) is 4.88. The van der Waals surface area contributed by atoms with Crippen LogP contribution >= 0.6 is 0 Å². The summed E-state index contributed by atoms with van der Waals surface area (Å²) in [5.74, 6) is 1.02. The maximum Gasteiger partial charge on any atom is 0.240 e. The second kappa shape index (κ2) is 3.53. The van der Waals surface area contributed by atoms with Gasteiger partial charge in [-0.05, 0) is 36.7 Å². The zero-order chi connectivity index (χ0) is 10.1. The Hall–Kier alpha value is -1.17. The molecule has 2 N–H and O–H groups in total. The molecule has 2 atom stereocenters. The quantitative estimate of drug-likeness (QED) is 0.696. The van der Waals surface area contributed by atoms with Crippen LogP contribution in [0.25, 0.3) is 0 Å². The first kappa shape index (κ1) is 9.39. The van der Waals surface area contributed by atoms with Crippen LogP contribution in [-0.2, 0) is 6.54 Å². The molecule has 0 radical (unpaired) electrons. The first-order valence-electron chi connectivity index (χ1n) is 4.88. The van der Waals surface area contributed by atoms with Gasteiger partial charge in [0.15, 0.2) is 0 Å². The van der Waals surface area contributed by atoms with Crippen molar-refractivity contribution in [1.82, 2.24) is 25.1 Å². The van der Waals surface area contributed by atoms with Gasteiger partial charge in [0.1, 0.15) is 0 Å². The number of hydrogen-bond donors (Lipinski definition) is 1. The van der Waals surface area contributed by atoms with E-state index in [0.29, 0.717) is 17.9 Å². The van der Waals surface area contributed by atoms with Crippen LogP contribution < -0.4 is 5.73 Å². The number of aromatic nitrogens is 4. The highest BCUT2D eigenvalue weighted by atomic mass is 15.6. The van der Waals surface area contributed by atoms with Gasteiger partial charge in [-0.2, -0.15) is 0 Å². The molecule has 6 nitrogen and oxygen atoms in total. The third-order valence-electron chi connectivity index (χ3n) is 2.96. The second-order valence-electron chi connectivity index (χ2n) is 4.11. The highest BCUT2D eigenvalue weighted by Gasteiger charge is 2.26. The van der Waals surface area contributed by atoms with Crippen molar-refractivity contribution in [3.8, 4) is 0 Å². The van der Waals surface area contributed by atoms with Gasteiger partial charge in [-0.1, -0.05) is 5.10 Å². The highest BCUT2D eigenvalue weighted by molar-refractivity contribution is 5.10. The first-order chi connectivity index (χ1) is 6.66. The van der Waals surface area contributed by atoms with Crippen LogP contribution in [0.2, 0.25) is 0 Å². The molecule has 0 aliphatic carbocycles. The smallest absolute Gasteiger partial charge is 0.240 e. The zero-order valence-electron chi connectivity index (χ0n) is 8.59. The largest absolute Gasteiger partial charge is 0.367 e. The third-order valence-corrected chi connectivity index (χ3v) is 2.96. The molecule has 0 bridgehead atoms. The molecule has 1 aliphatic heterocycles. The van der Waals surface area contributed by atoms with Gasteiger partial charge >= 0.3 is 0 Å². The van der Waals surface area contributed by atoms with Gasteiger partial charge in [0, 0.05) is 12.6 Å². The van der Waals surface area contributed by atoms with Crippen LogP contribution in [0.15, 0.2) is 0 Å². The summed E-state index contributed by atoms with van der Waals surface area (Å²) in [6.07, 6.45) is 1.19. The molecule has 2 unspecified atom stereocenters. The van der Waals surface area contributed by atoms with E-state index in [-0.39, 0.29) is 0 Å². The molecule has 2 rings (SSSR count). The summed E-state index contributed by atoms with van der Waals surface area (Å²) in [4.78, 5) is 2.35. The molecule has 1 aliphatic rings. The van der Waals surface area contributed by atoms with Crippen LogP contribution in [0.4, 0.5) is 5.95 Å². The number of hydrogen-bond acceptors (Lipinski definition) is 5. The molecule has 6 heteroatoms. The third kappa shape index (κ3) is 1.70. The van der Waals surface area contributed by atoms with E-state index in [9.17, 15) is 0 Å². The van der Waals surface area contributed by atoms with E-state index >= 15 is 0 Å². The van der Waals surface area contributed by atoms with Crippen molar-refractivity contribution in [2.45, 2.75) is 25.9 Å². The average Bonchev–Trinajstić information content (AvgIpc) is 2.63. The van der Waals surface area contributed by atoms with Crippen molar-refractivity contribution >= 4 is 5.95 Å². The van der Waals surface area contributed by atoms with E-state index in [1.165, 1.54) is 6.42 Å². The molecular weight excluding hydrogens is 180 g/mol. The standard InChI is InChI=1S/C8H16N6/c1-6-3-7(4-13(6)2)5-14-8(9)10-11-12-14/h6-7H,3-5H2,1-2H3,(H2,9,10,12). The van der Waals surface area contributed by atoms with Gasteiger partial charge < -0.3 is 10.6 Å². The van der Waals surface area contributed by atoms with Crippen LogP contribution in [0.1, 0.15) is 13.3 Å². The van der Waals surface area contributed by atoms with Crippen LogP contribution in [0.5, 0.6) is 0 Å². The monoisotopic (exact) mass is 196 g/mol. The Labute approximate surface area is 83.1 Å². The fourth-order valence-corrected chi connectivity index (χ4v) is 2.04. The predicted molar refractivity (Wildman–Crippen MR) is 52.4 cm³/mol. The number of rotatable bonds is 2. The number of nitrogens with two attached hydrogens (primary N) is 1. The van der Waals surface area contributed by atoms with Gasteiger partial charge in [-0.15, -0.1) is 0 Å². The van der Waals surface area contributed by atoms with E-state index in [1.54, 1.807) is 4.68 Å². The molecule has 0 amide bonds.